The van der Waals surface area contributed by atoms with Crippen LogP contribution in [0.4, 0.5) is 11.6 Å². The molecule has 6 heteroatoms. The van der Waals surface area contributed by atoms with Gasteiger partial charge in [-0.3, -0.25) is 4.98 Å². The Kier molecular flexibility index (Phi) is 5.11. The van der Waals surface area contributed by atoms with Gasteiger partial charge in [-0.1, -0.05) is 6.92 Å². The molecule has 1 aromatic rings. The smallest absolute Gasteiger partial charge is 0.147 e. The molecule has 0 unspecified atom stereocenters. The number of nitrogens with zero attached hydrogens (tertiary/aromatic N) is 2. The summed E-state index contributed by atoms with van der Waals surface area (Å²) in [6.07, 6.45) is 4.20. The molecule has 0 aliphatic heterocycles. The number of aromatic nitrogens is 2. The van der Waals surface area contributed by atoms with Crippen LogP contribution in [0.3, 0.4) is 0 Å². The van der Waals surface area contributed by atoms with Crippen molar-refractivity contribution in [3.8, 4) is 0 Å². The Morgan fingerprint density at radius 1 is 1.24 bits per heavy atom. The first-order valence-electron chi connectivity index (χ1n) is 5.69. The zero-order chi connectivity index (χ0) is 12.7. The third-order valence-electron chi connectivity index (χ3n) is 2.32. The molecule has 0 spiro atoms. The summed E-state index contributed by atoms with van der Waals surface area (Å²) in [5.74, 6) is 1.20. The highest BCUT2D eigenvalue weighted by Crippen LogP contribution is 2.13. The van der Waals surface area contributed by atoms with Crippen LogP contribution in [0, 0.1) is 0 Å². The summed E-state index contributed by atoms with van der Waals surface area (Å²) in [5, 5.41) is 24.4. The Hall–Kier alpha value is -1.40. The summed E-state index contributed by atoms with van der Waals surface area (Å²) < 4.78 is 0. The normalized spacial score (nSPS) is 11.3. The van der Waals surface area contributed by atoms with Gasteiger partial charge in [-0.2, -0.15) is 0 Å². The molecule has 4 N–H and O–H groups in total. The van der Waals surface area contributed by atoms with E-state index in [1.807, 2.05) is 0 Å². The van der Waals surface area contributed by atoms with E-state index in [9.17, 15) is 10.2 Å². The molecule has 1 heterocycles. The Balaban J connectivity index is 2.71. The molecule has 0 fully saturated rings. The average molecular weight is 240 g/mol. The molecule has 0 aliphatic rings. The molecule has 1 rings (SSSR count). The van der Waals surface area contributed by atoms with Crippen molar-refractivity contribution in [3.63, 3.8) is 0 Å². The number of rotatable bonds is 7. The highest BCUT2D eigenvalue weighted by molar-refractivity contribution is 5.43. The van der Waals surface area contributed by atoms with Gasteiger partial charge in [0.05, 0.1) is 31.1 Å². The molecule has 0 saturated carbocycles. The third-order valence-corrected chi connectivity index (χ3v) is 2.32. The topological polar surface area (TPSA) is 90.3 Å². The molecule has 0 bridgehead atoms. The predicted octanol–water partition coefficient (Wildman–Crippen LogP) is 0.454. The fourth-order valence-electron chi connectivity index (χ4n) is 1.20. The molecule has 0 amide bonds. The van der Waals surface area contributed by atoms with E-state index in [0.717, 1.165) is 13.0 Å². The standard InChI is InChI=1S/C11H20N4O2/c1-3-4-13-9-5-12-6-10(14-9)15-11(2,7-16)8-17/h5-6,16-17H,3-4,7-8H2,1-2H3,(H2,13,14,15). The Labute approximate surface area is 101 Å². The largest absolute Gasteiger partial charge is 0.394 e. The molecule has 0 aliphatic carbocycles. The third kappa shape index (κ3) is 4.16. The van der Waals surface area contributed by atoms with E-state index in [2.05, 4.69) is 27.5 Å². The zero-order valence-electron chi connectivity index (χ0n) is 10.3. The lowest BCUT2D eigenvalue weighted by Gasteiger charge is -2.26. The van der Waals surface area contributed by atoms with Crippen LogP contribution in [0.1, 0.15) is 20.3 Å². The van der Waals surface area contributed by atoms with Crippen LogP contribution in [-0.4, -0.2) is 45.5 Å². The van der Waals surface area contributed by atoms with Crippen LogP contribution in [0.5, 0.6) is 0 Å². The maximum absolute atomic E-state index is 9.17. The fraction of sp³-hybridized carbons (Fsp3) is 0.636. The van der Waals surface area contributed by atoms with Crippen LogP contribution >= 0.6 is 0 Å². The second-order valence-corrected chi connectivity index (χ2v) is 4.22. The first kappa shape index (κ1) is 13.7. The van der Waals surface area contributed by atoms with Gasteiger partial charge in [-0.25, -0.2) is 4.98 Å². The van der Waals surface area contributed by atoms with Crippen LogP contribution in [0.15, 0.2) is 12.4 Å². The minimum Gasteiger partial charge on any atom is -0.394 e. The Bertz CT molecular complexity index is 342. The van der Waals surface area contributed by atoms with Gasteiger partial charge in [0.15, 0.2) is 0 Å². The number of anilines is 2. The Morgan fingerprint density at radius 2 is 1.88 bits per heavy atom. The van der Waals surface area contributed by atoms with Crippen LogP contribution in [-0.2, 0) is 0 Å². The van der Waals surface area contributed by atoms with E-state index < -0.39 is 5.54 Å². The number of hydrogen-bond acceptors (Lipinski definition) is 6. The van der Waals surface area contributed by atoms with E-state index in [-0.39, 0.29) is 13.2 Å². The second kappa shape index (κ2) is 6.36. The van der Waals surface area contributed by atoms with E-state index in [4.69, 9.17) is 0 Å². The van der Waals surface area contributed by atoms with Gasteiger partial charge in [0, 0.05) is 6.54 Å². The van der Waals surface area contributed by atoms with Gasteiger partial charge < -0.3 is 20.8 Å². The molecule has 0 radical (unpaired) electrons. The summed E-state index contributed by atoms with van der Waals surface area (Å²) >= 11 is 0. The predicted molar refractivity (Wildman–Crippen MR) is 67.0 cm³/mol. The van der Waals surface area contributed by atoms with Crippen LogP contribution in [0.2, 0.25) is 0 Å². The average Bonchev–Trinajstić information content (AvgIpc) is 2.36. The summed E-state index contributed by atoms with van der Waals surface area (Å²) in [6, 6.07) is 0. The minimum absolute atomic E-state index is 0.183. The molecular formula is C11H20N4O2. The van der Waals surface area contributed by atoms with E-state index in [1.165, 1.54) is 0 Å². The monoisotopic (exact) mass is 240 g/mol. The summed E-state index contributed by atoms with van der Waals surface area (Å²) in [4.78, 5) is 8.32. The van der Waals surface area contributed by atoms with Crippen molar-refractivity contribution < 1.29 is 10.2 Å². The van der Waals surface area contributed by atoms with Gasteiger partial charge in [-0.05, 0) is 13.3 Å². The second-order valence-electron chi connectivity index (χ2n) is 4.22. The lowest BCUT2D eigenvalue weighted by Crippen LogP contribution is -2.42. The highest BCUT2D eigenvalue weighted by Gasteiger charge is 2.22. The van der Waals surface area contributed by atoms with Crippen LogP contribution in [0.25, 0.3) is 0 Å². The van der Waals surface area contributed by atoms with E-state index >= 15 is 0 Å². The van der Waals surface area contributed by atoms with Crippen molar-refractivity contribution in [2.24, 2.45) is 0 Å². The lowest BCUT2D eigenvalue weighted by atomic mass is 10.1. The van der Waals surface area contributed by atoms with Crippen molar-refractivity contribution in [1.82, 2.24) is 9.97 Å². The van der Waals surface area contributed by atoms with Crippen LogP contribution < -0.4 is 10.6 Å². The van der Waals surface area contributed by atoms with Crippen molar-refractivity contribution in [1.29, 1.82) is 0 Å². The molecule has 1 aromatic heterocycles. The summed E-state index contributed by atoms with van der Waals surface area (Å²) in [5.41, 5.74) is -0.794. The SMILES string of the molecule is CCCNc1cncc(NC(C)(CO)CO)n1. The van der Waals surface area contributed by atoms with Crippen molar-refractivity contribution in [3.05, 3.63) is 12.4 Å². The van der Waals surface area contributed by atoms with Crippen molar-refractivity contribution in [2.75, 3.05) is 30.4 Å². The van der Waals surface area contributed by atoms with Crippen molar-refractivity contribution in [2.45, 2.75) is 25.8 Å². The first-order chi connectivity index (χ1) is 8.13. The lowest BCUT2D eigenvalue weighted by molar-refractivity contribution is 0.147. The summed E-state index contributed by atoms with van der Waals surface area (Å²) in [6.45, 7) is 4.24. The molecule has 0 aromatic carbocycles. The number of aliphatic hydroxyl groups is 2. The Morgan fingerprint density at radius 3 is 2.47 bits per heavy atom. The zero-order valence-corrected chi connectivity index (χ0v) is 10.3. The van der Waals surface area contributed by atoms with Gasteiger partial charge in [-0.15, -0.1) is 0 Å². The molecule has 0 saturated heterocycles. The molecular weight excluding hydrogens is 220 g/mol. The van der Waals surface area contributed by atoms with Crippen molar-refractivity contribution >= 4 is 11.6 Å². The minimum atomic E-state index is -0.794. The molecule has 17 heavy (non-hydrogen) atoms. The number of nitrogens with one attached hydrogen (secondary N) is 2. The maximum atomic E-state index is 9.17. The highest BCUT2D eigenvalue weighted by atomic mass is 16.3. The maximum Gasteiger partial charge on any atom is 0.147 e. The summed E-state index contributed by atoms with van der Waals surface area (Å²) in [7, 11) is 0. The number of aliphatic hydroxyl groups excluding tert-OH is 2. The number of hydrogen-bond donors (Lipinski definition) is 4. The van der Waals surface area contributed by atoms with E-state index in [1.54, 1.807) is 19.3 Å². The molecule has 6 nitrogen and oxygen atoms in total. The van der Waals surface area contributed by atoms with Gasteiger partial charge >= 0.3 is 0 Å². The molecule has 0 atom stereocenters. The van der Waals surface area contributed by atoms with E-state index in [0.29, 0.717) is 11.6 Å². The first-order valence-corrected chi connectivity index (χ1v) is 5.69. The van der Waals surface area contributed by atoms with Gasteiger partial charge in [0.1, 0.15) is 11.6 Å². The van der Waals surface area contributed by atoms with Gasteiger partial charge in [0.25, 0.3) is 0 Å². The molecule has 96 valence electrons. The quantitative estimate of drug-likeness (QED) is 0.553. The fourth-order valence-corrected chi connectivity index (χ4v) is 1.20. The van der Waals surface area contributed by atoms with Gasteiger partial charge in [0.2, 0.25) is 0 Å².